The minimum Gasteiger partial charge on any atom is -0.198 e. The van der Waals surface area contributed by atoms with Crippen LogP contribution >= 0.6 is 11.8 Å². The molecule has 0 fully saturated rings. The van der Waals surface area contributed by atoms with Crippen LogP contribution < -0.4 is 0 Å². The van der Waals surface area contributed by atoms with Gasteiger partial charge in [-0.15, -0.1) is 0 Å². The van der Waals surface area contributed by atoms with Crippen LogP contribution in [-0.2, 0) is 0 Å². The fourth-order valence-corrected chi connectivity index (χ4v) is 1.40. The highest BCUT2D eigenvalue weighted by atomic mass is 32.2. The van der Waals surface area contributed by atoms with Gasteiger partial charge >= 0.3 is 0 Å². The van der Waals surface area contributed by atoms with Crippen LogP contribution in [0.2, 0.25) is 0 Å². The second-order valence-corrected chi connectivity index (χ2v) is 3.88. The molecule has 1 unspecified atom stereocenters. The normalized spacial score (nSPS) is 14.5. The lowest BCUT2D eigenvalue weighted by Crippen LogP contribution is -1.92. The Morgan fingerprint density at radius 3 is 2.77 bits per heavy atom. The van der Waals surface area contributed by atoms with Crippen molar-refractivity contribution in [3.05, 3.63) is 23.8 Å². The van der Waals surface area contributed by atoms with Gasteiger partial charge in [-0.25, -0.2) is 0 Å². The molecule has 1 nitrogen and oxygen atoms in total. The number of thioether (sulfide) groups is 1. The lowest BCUT2D eigenvalue weighted by atomic mass is 10.0. The molecule has 0 heterocycles. The van der Waals surface area contributed by atoms with Crippen molar-refractivity contribution in [2.45, 2.75) is 20.3 Å². The van der Waals surface area contributed by atoms with Crippen molar-refractivity contribution in [3.63, 3.8) is 0 Å². The summed E-state index contributed by atoms with van der Waals surface area (Å²) in [6.07, 6.45) is 9.25. The maximum atomic E-state index is 8.67. The Hall–Kier alpha value is -0.680. The molecule has 1 atom stereocenters. The molecule has 0 rings (SSSR count). The van der Waals surface area contributed by atoms with Crippen LogP contribution in [0, 0.1) is 17.2 Å². The van der Waals surface area contributed by atoms with E-state index in [1.165, 1.54) is 5.57 Å². The number of hydrogen-bond acceptors (Lipinski definition) is 2. The average Bonchev–Trinajstić information content (AvgIpc) is 2.14. The van der Waals surface area contributed by atoms with Crippen LogP contribution in [-0.4, -0.2) is 12.0 Å². The Morgan fingerprint density at radius 1 is 1.62 bits per heavy atom. The number of hydrogen-bond donors (Lipinski definition) is 0. The highest BCUT2D eigenvalue weighted by Gasteiger charge is 2.00. The van der Waals surface area contributed by atoms with E-state index in [-0.39, 0.29) is 5.92 Å². The van der Waals surface area contributed by atoms with E-state index in [0.717, 1.165) is 12.2 Å². The molecule has 0 saturated carbocycles. The first-order valence-corrected chi connectivity index (χ1v) is 5.84. The van der Waals surface area contributed by atoms with Gasteiger partial charge in [-0.3, -0.25) is 0 Å². The third-order valence-corrected chi connectivity index (χ3v) is 2.16. The number of rotatable bonds is 5. The quantitative estimate of drug-likeness (QED) is 0.628. The van der Waals surface area contributed by atoms with E-state index in [4.69, 9.17) is 5.26 Å². The molecular weight excluding hydrogens is 178 g/mol. The first-order chi connectivity index (χ1) is 6.24. The summed E-state index contributed by atoms with van der Waals surface area (Å²) in [5.74, 6) is 1.14. The molecule has 0 aliphatic heterocycles. The second-order valence-electron chi connectivity index (χ2n) is 2.97. The van der Waals surface area contributed by atoms with Crippen molar-refractivity contribution in [2.75, 3.05) is 12.0 Å². The van der Waals surface area contributed by atoms with Gasteiger partial charge < -0.3 is 0 Å². The van der Waals surface area contributed by atoms with Gasteiger partial charge in [0, 0.05) is 11.7 Å². The molecule has 72 valence electrons. The third kappa shape index (κ3) is 6.48. The lowest BCUT2D eigenvalue weighted by molar-refractivity contribution is 0.741. The average molecular weight is 195 g/mol. The van der Waals surface area contributed by atoms with E-state index in [1.807, 2.05) is 19.9 Å². The summed E-state index contributed by atoms with van der Waals surface area (Å²) < 4.78 is 0. The highest BCUT2D eigenvalue weighted by Crippen LogP contribution is 2.12. The Balaban J connectivity index is 4.18. The van der Waals surface area contributed by atoms with Crippen LogP contribution in [0.5, 0.6) is 0 Å². The number of nitrogens with zero attached hydrogens (tertiary/aromatic N) is 1. The van der Waals surface area contributed by atoms with E-state index >= 15 is 0 Å². The zero-order valence-electron chi connectivity index (χ0n) is 8.58. The van der Waals surface area contributed by atoms with Crippen LogP contribution in [0.4, 0.5) is 0 Å². The molecule has 13 heavy (non-hydrogen) atoms. The maximum Gasteiger partial charge on any atom is 0.0656 e. The monoisotopic (exact) mass is 195 g/mol. The van der Waals surface area contributed by atoms with Crippen molar-refractivity contribution in [2.24, 2.45) is 5.92 Å². The lowest BCUT2D eigenvalue weighted by Gasteiger charge is -2.03. The molecule has 0 aromatic heterocycles. The van der Waals surface area contributed by atoms with Crippen molar-refractivity contribution in [1.29, 1.82) is 5.26 Å². The van der Waals surface area contributed by atoms with Gasteiger partial charge in [0.25, 0.3) is 0 Å². The largest absolute Gasteiger partial charge is 0.198 e. The molecule has 0 N–H and O–H groups in total. The van der Waals surface area contributed by atoms with E-state index in [1.54, 1.807) is 11.8 Å². The molecule has 0 aromatic carbocycles. The fourth-order valence-electron chi connectivity index (χ4n) is 1.02. The summed E-state index contributed by atoms with van der Waals surface area (Å²) in [6.45, 7) is 3.96. The number of nitriles is 1. The Morgan fingerprint density at radius 2 is 2.31 bits per heavy atom. The first kappa shape index (κ1) is 12.3. The molecule has 0 bridgehead atoms. The van der Waals surface area contributed by atoms with Gasteiger partial charge in [0.15, 0.2) is 0 Å². The molecule has 0 aliphatic rings. The first-order valence-electron chi connectivity index (χ1n) is 4.44. The smallest absolute Gasteiger partial charge is 0.0656 e. The predicted molar refractivity (Wildman–Crippen MR) is 60.7 cm³/mol. The molecule has 0 aromatic rings. The summed E-state index contributed by atoms with van der Waals surface area (Å²) in [4.78, 5) is 0. The zero-order chi connectivity index (χ0) is 10.1. The van der Waals surface area contributed by atoms with E-state index < -0.39 is 0 Å². The molecule has 0 saturated heterocycles. The van der Waals surface area contributed by atoms with Crippen molar-refractivity contribution >= 4 is 11.8 Å². The summed E-state index contributed by atoms with van der Waals surface area (Å²) in [5, 5.41) is 8.67. The van der Waals surface area contributed by atoms with Crippen LogP contribution in [0.3, 0.4) is 0 Å². The molecular formula is C11H17NS. The highest BCUT2D eigenvalue weighted by molar-refractivity contribution is 7.98. The fraction of sp³-hybridized carbons (Fsp3) is 0.545. The Bertz CT molecular complexity index is 223. The van der Waals surface area contributed by atoms with E-state index in [2.05, 4.69) is 24.5 Å². The molecule has 2 heteroatoms. The minimum absolute atomic E-state index is 0.115. The van der Waals surface area contributed by atoms with Crippen LogP contribution in [0.15, 0.2) is 23.8 Å². The molecule has 0 radical (unpaired) electrons. The van der Waals surface area contributed by atoms with Crippen molar-refractivity contribution < 1.29 is 0 Å². The van der Waals surface area contributed by atoms with Gasteiger partial charge in [0.2, 0.25) is 0 Å². The molecule has 0 aliphatic carbocycles. The van der Waals surface area contributed by atoms with Crippen LogP contribution in [0.1, 0.15) is 20.3 Å². The molecule has 0 amide bonds. The van der Waals surface area contributed by atoms with Gasteiger partial charge in [-0.05, 0) is 26.5 Å². The summed E-state index contributed by atoms with van der Waals surface area (Å²) in [5.41, 5.74) is 1.27. The van der Waals surface area contributed by atoms with Crippen molar-refractivity contribution in [3.8, 4) is 6.07 Å². The summed E-state index contributed by atoms with van der Waals surface area (Å²) in [6, 6.07) is 2.25. The summed E-state index contributed by atoms with van der Waals surface area (Å²) >= 11 is 1.80. The predicted octanol–water partition coefficient (Wildman–Crippen LogP) is 3.40. The Kier molecular flexibility index (Phi) is 7.53. The van der Waals surface area contributed by atoms with Gasteiger partial charge in [-0.2, -0.15) is 17.0 Å². The topological polar surface area (TPSA) is 23.8 Å². The van der Waals surface area contributed by atoms with Gasteiger partial charge in [0.1, 0.15) is 0 Å². The summed E-state index contributed by atoms with van der Waals surface area (Å²) in [7, 11) is 0. The van der Waals surface area contributed by atoms with Crippen LogP contribution in [0.25, 0.3) is 0 Å². The standard InChI is InChI=1S/C11H17NS/c1-4-5-11(6-7-13-3)8-10(2)9-12/h4-6,10H,7-8H2,1-3H3/b5-4-,11-6+. The molecule has 0 spiro atoms. The van der Waals surface area contributed by atoms with Gasteiger partial charge in [-0.1, -0.05) is 23.8 Å². The second kappa shape index (κ2) is 7.94. The maximum absolute atomic E-state index is 8.67. The third-order valence-electron chi connectivity index (χ3n) is 1.66. The SMILES string of the molecule is C/C=C\C(=C/CSC)CC(C)C#N. The number of allylic oxidation sites excluding steroid dienone is 3. The van der Waals surface area contributed by atoms with Gasteiger partial charge in [0.05, 0.1) is 6.07 Å². The Labute approximate surface area is 85.5 Å². The zero-order valence-corrected chi connectivity index (χ0v) is 9.40. The van der Waals surface area contributed by atoms with E-state index in [0.29, 0.717) is 0 Å². The minimum atomic E-state index is 0.115. The van der Waals surface area contributed by atoms with E-state index in [9.17, 15) is 0 Å². The van der Waals surface area contributed by atoms with Crippen molar-refractivity contribution in [1.82, 2.24) is 0 Å².